The molecule has 0 aliphatic carbocycles. The zero-order chi connectivity index (χ0) is 7.49. The quantitative estimate of drug-likeness (QED) is 0.292. The summed E-state index contributed by atoms with van der Waals surface area (Å²) >= 11 is 7.52. The predicted molar refractivity (Wildman–Crippen MR) is 41.2 cm³/mol. The Morgan fingerprint density at radius 3 is 2.00 bits per heavy atom. The summed E-state index contributed by atoms with van der Waals surface area (Å²) in [5.74, 6) is -0.149. The van der Waals surface area contributed by atoms with Crippen LogP contribution in [0.15, 0.2) is 0 Å². The first-order valence-electron chi connectivity index (χ1n) is 2.18. The summed E-state index contributed by atoms with van der Waals surface area (Å²) < 4.78 is 29.9. The Morgan fingerprint density at radius 1 is 1.50 bits per heavy atom. The Bertz CT molecular complexity index is 166. The number of rotatable bonds is 3. The molecule has 0 unspecified atom stereocenters. The Morgan fingerprint density at radius 2 is 1.90 bits per heavy atom. The molecular weight excluding hydrogens is 203 g/mol. The van der Waals surface area contributed by atoms with Gasteiger partial charge in [0.25, 0.3) is 0 Å². The number of hydrogen-bond donors (Lipinski definition) is 2. The summed E-state index contributed by atoms with van der Waals surface area (Å²) in [5.41, 5.74) is 0. The monoisotopic (exact) mass is 210 g/mol. The number of thiol groups is 2. The van der Waals surface area contributed by atoms with Gasteiger partial charge in [-0.3, -0.25) is 0 Å². The molecule has 10 heavy (non-hydrogen) atoms. The van der Waals surface area contributed by atoms with Crippen LogP contribution in [0.1, 0.15) is 0 Å². The van der Waals surface area contributed by atoms with Crippen LogP contribution in [0.5, 0.6) is 0 Å². The molecule has 1 atom stereocenters. The molecule has 0 spiro atoms. The average molecular weight is 210 g/mol. The molecule has 0 aliphatic heterocycles. The molecule has 0 bridgehead atoms. The Hall–Kier alpha value is 1.61. The summed E-state index contributed by atoms with van der Waals surface area (Å²) in [6.07, 6.45) is 0. The Labute approximate surface area is 93.8 Å². The van der Waals surface area contributed by atoms with Gasteiger partial charge in [-0.15, -0.1) is 0 Å². The van der Waals surface area contributed by atoms with Gasteiger partial charge in [0.1, 0.15) is 0 Å². The third kappa shape index (κ3) is 9.61. The fraction of sp³-hybridized carbons (Fsp3) is 1.00. The average Bonchev–Trinajstić information content (AvgIpc) is 1.62. The maximum absolute atomic E-state index is 9.96. The van der Waals surface area contributed by atoms with Crippen LogP contribution in [0.2, 0.25) is 0 Å². The zero-order valence-corrected chi connectivity index (χ0v) is 10.1. The van der Waals surface area contributed by atoms with Gasteiger partial charge in [0.15, 0.2) is 0 Å². The summed E-state index contributed by atoms with van der Waals surface area (Å²) in [5, 5.41) is -0.448. The Kier molecular flexibility index (Phi) is 8.72. The predicted octanol–water partition coefficient (Wildman–Crippen LogP) is -3.24. The fourth-order valence-electron chi connectivity index (χ4n) is 0.288. The van der Waals surface area contributed by atoms with Crippen LogP contribution in [0.3, 0.4) is 0 Å². The van der Waals surface area contributed by atoms with Crippen LogP contribution >= 0.6 is 25.3 Å². The summed E-state index contributed by atoms with van der Waals surface area (Å²) in [6.45, 7) is 0. The van der Waals surface area contributed by atoms with Crippen LogP contribution in [0, 0.1) is 0 Å². The Balaban J connectivity index is 0. The van der Waals surface area contributed by atoms with E-state index in [1.54, 1.807) is 0 Å². The van der Waals surface area contributed by atoms with Crippen molar-refractivity contribution in [3.63, 3.8) is 0 Å². The van der Waals surface area contributed by atoms with Crippen LogP contribution in [-0.4, -0.2) is 29.7 Å². The van der Waals surface area contributed by atoms with E-state index in [1.807, 2.05) is 0 Å². The minimum absolute atomic E-state index is 0. The van der Waals surface area contributed by atoms with Crippen molar-refractivity contribution in [2.45, 2.75) is 5.25 Å². The van der Waals surface area contributed by atoms with Crippen LogP contribution in [-0.2, 0) is 10.1 Å². The van der Waals surface area contributed by atoms with E-state index in [1.165, 1.54) is 0 Å². The van der Waals surface area contributed by atoms with Crippen molar-refractivity contribution in [3.8, 4) is 0 Å². The van der Waals surface area contributed by atoms with Crippen molar-refractivity contribution >= 4 is 35.4 Å². The smallest absolute Gasteiger partial charge is 0.748 e. The van der Waals surface area contributed by atoms with Gasteiger partial charge >= 0.3 is 29.6 Å². The normalized spacial score (nSPS) is 13.9. The third-order valence-corrected chi connectivity index (χ3v) is 2.76. The van der Waals surface area contributed by atoms with Crippen molar-refractivity contribution < 1.29 is 42.5 Å². The summed E-state index contributed by atoms with van der Waals surface area (Å²) in [7, 11) is -4.11. The molecule has 0 N–H and O–H groups in total. The second kappa shape index (κ2) is 6.16. The van der Waals surface area contributed by atoms with Crippen LogP contribution < -0.4 is 29.6 Å². The third-order valence-electron chi connectivity index (χ3n) is 0.607. The van der Waals surface area contributed by atoms with E-state index in [9.17, 15) is 13.0 Å². The van der Waals surface area contributed by atoms with Gasteiger partial charge in [0.05, 0.1) is 15.9 Å². The van der Waals surface area contributed by atoms with Crippen molar-refractivity contribution in [2.24, 2.45) is 0 Å². The van der Waals surface area contributed by atoms with Gasteiger partial charge in [-0.05, 0) is 0 Å². The molecule has 0 aromatic heterocycles. The first-order chi connectivity index (χ1) is 3.95. The SMILES string of the molecule is O=S(=O)([O-])C[C@H](S)CS.[Na+]. The molecule has 3 nitrogen and oxygen atoms in total. The fourth-order valence-corrected chi connectivity index (χ4v) is 1.73. The first kappa shape index (κ1) is 14.2. The van der Waals surface area contributed by atoms with Crippen molar-refractivity contribution in [1.29, 1.82) is 0 Å². The topological polar surface area (TPSA) is 57.2 Å². The molecule has 0 rings (SSSR count). The molecule has 0 aromatic carbocycles. The molecule has 0 radical (unpaired) electrons. The summed E-state index contributed by atoms with van der Waals surface area (Å²) in [4.78, 5) is 0. The van der Waals surface area contributed by atoms with Crippen LogP contribution in [0.4, 0.5) is 0 Å². The van der Waals surface area contributed by atoms with Crippen molar-refractivity contribution in [1.82, 2.24) is 0 Å². The standard InChI is InChI=1S/C3H8O3S3.Na/c4-9(5,6)2-3(8)1-7;/h3,7-8H,1-2H2,(H,4,5,6);/q;+1/p-1/t3-;/m1./s1. The maximum Gasteiger partial charge on any atom is 1.00 e. The van der Waals surface area contributed by atoms with Gasteiger partial charge in [0.2, 0.25) is 0 Å². The minimum Gasteiger partial charge on any atom is -0.748 e. The van der Waals surface area contributed by atoms with E-state index in [0.29, 0.717) is 5.75 Å². The zero-order valence-electron chi connectivity index (χ0n) is 5.52. The van der Waals surface area contributed by atoms with Gasteiger partial charge in [-0.1, -0.05) is 0 Å². The molecule has 0 amide bonds. The van der Waals surface area contributed by atoms with E-state index < -0.39 is 21.1 Å². The van der Waals surface area contributed by atoms with E-state index in [0.717, 1.165) is 0 Å². The molecular formula is C3H7NaO3S3. The van der Waals surface area contributed by atoms with E-state index in [4.69, 9.17) is 0 Å². The van der Waals surface area contributed by atoms with Gasteiger partial charge in [0, 0.05) is 11.0 Å². The number of hydrogen-bond acceptors (Lipinski definition) is 5. The molecule has 56 valence electrons. The second-order valence-corrected chi connectivity index (χ2v) is 4.10. The van der Waals surface area contributed by atoms with E-state index >= 15 is 0 Å². The molecule has 0 aliphatic rings. The molecule has 0 fully saturated rings. The molecule has 0 saturated carbocycles. The second-order valence-electron chi connectivity index (χ2n) is 1.56. The molecule has 7 heteroatoms. The van der Waals surface area contributed by atoms with Crippen molar-refractivity contribution in [3.05, 3.63) is 0 Å². The maximum atomic E-state index is 9.96. The van der Waals surface area contributed by atoms with Crippen LogP contribution in [0.25, 0.3) is 0 Å². The minimum atomic E-state index is -4.11. The van der Waals surface area contributed by atoms with Gasteiger partial charge in [-0.2, -0.15) is 25.3 Å². The summed E-state index contributed by atoms with van der Waals surface area (Å²) in [6, 6.07) is 0. The van der Waals surface area contributed by atoms with Gasteiger partial charge < -0.3 is 4.55 Å². The molecule has 0 heterocycles. The molecule has 0 saturated heterocycles. The van der Waals surface area contributed by atoms with Gasteiger partial charge in [-0.25, -0.2) is 8.42 Å². The van der Waals surface area contributed by atoms with E-state index in [2.05, 4.69) is 25.3 Å². The van der Waals surface area contributed by atoms with E-state index in [-0.39, 0.29) is 29.6 Å². The largest absolute Gasteiger partial charge is 1.00 e. The molecule has 0 aromatic rings. The first-order valence-corrected chi connectivity index (χ1v) is 4.91. The van der Waals surface area contributed by atoms with Crippen molar-refractivity contribution in [2.75, 3.05) is 11.5 Å².